The van der Waals surface area contributed by atoms with Gasteiger partial charge in [-0.3, -0.25) is 0 Å². The number of nitriles is 1. The van der Waals surface area contributed by atoms with Crippen molar-refractivity contribution in [2.75, 3.05) is 0 Å². The van der Waals surface area contributed by atoms with Gasteiger partial charge in [0.05, 0.1) is 17.2 Å². The molecule has 0 aliphatic rings. The highest BCUT2D eigenvalue weighted by molar-refractivity contribution is 6.24. The van der Waals surface area contributed by atoms with Gasteiger partial charge < -0.3 is 8.83 Å². The van der Waals surface area contributed by atoms with Crippen LogP contribution in [0.15, 0.2) is 124 Å². The van der Waals surface area contributed by atoms with E-state index >= 15 is 0 Å². The Balaban J connectivity index is 1.55. The highest BCUT2D eigenvalue weighted by Crippen LogP contribution is 2.47. The summed E-state index contributed by atoms with van der Waals surface area (Å²) in [6, 6.07) is 41.3. The number of para-hydroxylation sites is 2. The number of hydrogen-bond donors (Lipinski definition) is 0. The lowest BCUT2D eigenvalue weighted by atomic mass is 9.89. The highest BCUT2D eigenvalue weighted by atomic mass is 16.3. The molecule has 0 N–H and O–H groups in total. The topological polar surface area (TPSA) is 50.1 Å². The van der Waals surface area contributed by atoms with E-state index in [1.165, 1.54) is 0 Å². The molecule has 0 radical (unpaired) electrons. The molecule has 0 unspecified atom stereocenters. The van der Waals surface area contributed by atoms with Crippen LogP contribution in [0.5, 0.6) is 0 Å². The molecule has 0 bridgehead atoms. The van der Waals surface area contributed by atoms with Crippen molar-refractivity contribution in [1.29, 1.82) is 5.26 Å². The smallest absolute Gasteiger partial charge is 0.147 e. The quantitative estimate of drug-likeness (QED) is 0.245. The molecule has 0 spiro atoms. The molecule has 3 heteroatoms. The first-order valence-electron chi connectivity index (χ1n) is 12.6. The van der Waals surface area contributed by atoms with E-state index in [-0.39, 0.29) is 0 Å². The van der Waals surface area contributed by atoms with Crippen LogP contribution in [0.25, 0.3) is 76.9 Å². The molecular weight excluding hydrogens is 466 g/mol. The van der Waals surface area contributed by atoms with Crippen molar-refractivity contribution in [1.82, 2.24) is 0 Å². The van der Waals surface area contributed by atoms with Gasteiger partial charge >= 0.3 is 0 Å². The van der Waals surface area contributed by atoms with Crippen molar-refractivity contribution in [3.8, 4) is 28.3 Å². The first kappa shape index (κ1) is 20.8. The van der Waals surface area contributed by atoms with Crippen LogP contribution in [0, 0.1) is 11.3 Å². The molecule has 8 rings (SSSR count). The third-order valence-electron chi connectivity index (χ3n) is 7.54. The normalized spacial score (nSPS) is 11.7. The van der Waals surface area contributed by atoms with Gasteiger partial charge in [-0.2, -0.15) is 5.26 Å². The van der Waals surface area contributed by atoms with Crippen LogP contribution in [0.1, 0.15) is 5.56 Å². The van der Waals surface area contributed by atoms with Gasteiger partial charge in [0.25, 0.3) is 0 Å². The average Bonchev–Trinajstić information content (AvgIpc) is 3.54. The van der Waals surface area contributed by atoms with Crippen LogP contribution in [0.2, 0.25) is 0 Å². The minimum absolute atomic E-state index is 0.657. The Labute approximate surface area is 217 Å². The Morgan fingerprint density at radius 2 is 0.947 bits per heavy atom. The van der Waals surface area contributed by atoms with Crippen molar-refractivity contribution in [2.45, 2.75) is 0 Å². The van der Waals surface area contributed by atoms with Crippen LogP contribution in [0.3, 0.4) is 0 Å². The number of furan rings is 2. The number of fused-ring (bicyclic) bond motifs is 7. The molecule has 6 aromatic carbocycles. The standard InChI is InChI=1S/C35H19NO2/c36-20-21-9-1-2-10-22(21)25-17-18-28(24-12-4-3-11-23(24)25)33-34-29(26-13-5-7-15-31(26)37-34)19-30-27-14-6-8-16-32(27)38-35(30)33/h1-19H. The zero-order valence-corrected chi connectivity index (χ0v) is 20.2. The van der Waals surface area contributed by atoms with E-state index in [1.54, 1.807) is 0 Å². The minimum atomic E-state index is 0.657. The second-order valence-corrected chi connectivity index (χ2v) is 9.57. The summed E-state index contributed by atoms with van der Waals surface area (Å²) in [5.74, 6) is 0. The average molecular weight is 486 g/mol. The van der Waals surface area contributed by atoms with E-state index in [4.69, 9.17) is 8.83 Å². The van der Waals surface area contributed by atoms with E-state index in [0.29, 0.717) is 5.56 Å². The second kappa shape index (κ2) is 7.83. The number of benzene rings is 6. The van der Waals surface area contributed by atoms with Crippen molar-refractivity contribution in [3.63, 3.8) is 0 Å². The van der Waals surface area contributed by atoms with E-state index in [0.717, 1.165) is 76.9 Å². The zero-order chi connectivity index (χ0) is 25.2. The maximum Gasteiger partial charge on any atom is 0.147 e. The number of nitrogens with zero attached hydrogens (tertiary/aromatic N) is 1. The molecule has 0 saturated carbocycles. The van der Waals surface area contributed by atoms with Gasteiger partial charge in [-0.25, -0.2) is 0 Å². The van der Waals surface area contributed by atoms with Crippen molar-refractivity contribution in [2.24, 2.45) is 0 Å². The third-order valence-corrected chi connectivity index (χ3v) is 7.54. The second-order valence-electron chi connectivity index (χ2n) is 9.57. The maximum atomic E-state index is 9.78. The van der Waals surface area contributed by atoms with Crippen molar-refractivity contribution >= 4 is 54.6 Å². The molecule has 0 aliphatic heterocycles. The highest BCUT2D eigenvalue weighted by Gasteiger charge is 2.23. The fourth-order valence-electron chi connectivity index (χ4n) is 5.85. The Bertz CT molecular complexity index is 2170. The molecule has 0 saturated heterocycles. The molecular formula is C35H19NO2. The fraction of sp³-hybridized carbons (Fsp3) is 0. The van der Waals surface area contributed by atoms with Crippen molar-refractivity contribution < 1.29 is 8.83 Å². The lowest BCUT2D eigenvalue weighted by molar-refractivity contribution is 0.658. The summed E-state index contributed by atoms with van der Waals surface area (Å²) in [4.78, 5) is 0. The summed E-state index contributed by atoms with van der Waals surface area (Å²) in [5, 5.41) is 16.2. The largest absolute Gasteiger partial charge is 0.455 e. The number of rotatable bonds is 2. The van der Waals surface area contributed by atoms with E-state index in [1.807, 2.05) is 66.7 Å². The van der Waals surface area contributed by atoms with E-state index < -0.39 is 0 Å². The SMILES string of the molecule is N#Cc1ccccc1-c1ccc(-c2c3oc4ccccc4c3cc3c2oc2ccccc23)c2ccccc12. The first-order valence-corrected chi connectivity index (χ1v) is 12.6. The summed E-state index contributed by atoms with van der Waals surface area (Å²) in [6.07, 6.45) is 0. The Morgan fingerprint density at radius 1 is 0.447 bits per heavy atom. The van der Waals surface area contributed by atoms with E-state index in [9.17, 15) is 5.26 Å². The summed E-state index contributed by atoms with van der Waals surface area (Å²) in [6.45, 7) is 0. The zero-order valence-electron chi connectivity index (χ0n) is 20.2. The monoisotopic (exact) mass is 485 g/mol. The first-order chi connectivity index (χ1) is 18.8. The lowest BCUT2D eigenvalue weighted by Crippen LogP contribution is -1.89. The summed E-state index contributed by atoms with van der Waals surface area (Å²) < 4.78 is 13.1. The molecule has 2 heterocycles. The molecule has 2 aromatic heterocycles. The molecule has 8 aromatic rings. The van der Waals surface area contributed by atoms with E-state index in [2.05, 4.69) is 54.6 Å². The Hall–Kier alpha value is -5.33. The fourth-order valence-corrected chi connectivity index (χ4v) is 5.85. The molecule has 0 atom stereocenters. The van der Waals surface area contributed by atoms with Crippen LogP contribution in [-0.4, -0.2) is 0 Å². The van der Waals surface area contributed by atoms with Crippen molar-refractivity contribution in [3.05, 3.63) is 121 Å². The van der Waals surface area contributed by atoms with Gasteiger partial charge in [0.15, 0.2) is 0 Å². The van der Waals surface area contributed by atoms with Gasteiger partial charge in [0.2, 0.25) is 0 Å². The van der Waals surface area contributed by atoms with Crippen LogP contribution in [0.4, 0.5) is 0 Å². The molecule has 0 aliphatic carbocycles. The molecule has 0 fully saturated rings. The van der Waals surface area contributed by atoms with Gasteiger partial charge in [0, 0.05) is 27.1 Å². The summed E-state index contributed by atoms with van der Waals surface area (Å²) in [7, 11) is 0. The van der Waals surface area contributed by atoms with Crippen LogP contribution < -0.4 is 0 Å². The molecule has 38 heavy (non-hydrogen) atoms. The van der Waals surface area contributed by atoms with Crippen LogP contribution in [-0.2, 0) is 0 Å². The molecule has 0 amide bonds. The Morgan fingerprint density at radius 3 is 1.58 bits per heavy atom. The predicted octanol–water partition coefficient (Wildman–Crippen LogP) is 9.84. The maximum absolute atomic E-state index is 9.78. The predicted molar refractivity (Wildman–Crippen MR) is 154 cm³/mol. The molecule has 176 valence electrons. The third kappa shape index (κ3) is 2.83. The summed E-state index contributed by atoms with van der Waals surface area (Å²) in [5.41, 5.74) is 7.92. The Kier molecular flexibility index (Phi) is 4.29. The van der Waals surface area contributed by atoms with Gasteiger partial charge in [-0.15, -0.1) is 0 Å². The minimum Gasteiger partial charge on any atom is -0.455 e. The van der Waals surface area contributed by atoms with Gasteiger partial charge in [-0.1, -0.05) is 91.0 Å². The molecule has 3 nitrogen and oxygen atoms in total. The van der Waals surface area contributed by atoms with Gasteiger partial charge in [0.1, 0.15) is 22.3 Å². The summed E-state index contributed by atoms with van der Waals surface area (Å²) >= 11 is 0. The van der Waals surface area contributed by atoms with Gasteiger partial charge in [-0.05, 0) is 46.2 Å². The number of hydrogen-bond acceptors (Lipinski definition) is 3. The van der Waals surface area contributed by atoms with Crippen LogP contribution >= 0.6 is 0 Å². The lowest BCUT2D eigenvalue weighted by Gasteiger charge is -2.13.